The molecule has 0 aliphatic heterocycles. The van der Waals surface area contributed by atoms with Crippen molar-refractivity contribution in [2.75, 3.05) is 19.0 Å². The molecule has 1 heterocycles. The number of thiazole rings is 1. The van der Waals surface area contributed by atoms with Crippen LogP contribution in [-0.2, 0) is 11.2 Å². The Bertz CT molecular complexity index is 657. The van der Waals surface area contributed by atoms with Gasteiger partial charge in [0, 0.05) is 36.1 Å². The number of hydrogen-bond donors (Lipinski definition) is 1. The number of aliphatic carboxylic acids is 1. The van der Waals surface area contributed by atoms with Crippen molar-refractivity contribution < 1.29 is 9.90 Å². The zero-order valence-corrected chi connectivity index (χ0v) is 13.0. The molecule has 4 nitrogen and oxygen atoms in total. The Kier molecular flexibility index (Phi) is 3.68. The highest BCUT2D eigenvalue weighted by Gasteiger charge is 2.30. The van der Waals surface area contributed by atoms with E-state index in [4.69, 9.17) is 10.1 Å². The number of carboxylic acid groups (broad SMARTS) is 1. The van der Waals surface area contributed by atoms with Gasteiger partial charge in [-0.2, -0.15) is 0 Å². The van der Waals surface area contributed by atoms with Crippen LogP contribution in [-0.4, -0.2) is 30.2 Å². The van der Waals surface area contributed by atoms with Gasteiger partial charge in [-0.15, -0.1) is 11.3 Å². The van der Waals surface area contributed by atoms with Crippen LogP contribution in [0.4, 0.5) is 5.69 Å². The predicted molar refractivity (Wildman–Crippen MR) is 85.2 cm³/mol. The first-order valence-electron chi connectivity index (χ1n) is 7.03. The molecule has 1 N–H and O–H groups in total. The second-order valence-corrected chi connectivity index (χ2v) is 6.70. The third-order valence-corrected chi connectivity index (χ3v) is 4.75. The molecule has 21 heavy (non-hydrogen) atoms. The van der Waals surface area contributed by atoms with Gasteiger partial charge in [-0.05, 0) is 37.1 Å². The van der Waals surface area contributed by atoms with Crippen LogP contribution in [0, 0.1) is 0 Å². The van der Waals surface area contributed by atoms with E-state index in [1.54, 1.807) is 0 Å². The fourth-order valence-electron chi connectivity index (χ4n) is 2.33. The Labute approximate surface area is 128 Å². The molecule has 1 fully saturated rings. The Morgan fingerprint density at radius 1 is 1.33 bits per heavy atom. The number of hydrogen-bond acceptors (Lipinski definition) is 4. The molecule has 110 valence electrons. The molecule has 1 aliphatic carbocycles. The van der Waals surface area contributed by atoms with Gasteiger partial charge in [-0.25, -0.2) is 4.98 Å². The predicted octanol–water partition coefficient (Wildman–Crippen LogP) is 3.38. The van der Waals surface area contributed by atoms with E-state index in [-0.39, 0.29) is 6.42 Å². The Morgan fingerprint density at radius 2 is 2.00 bits per heavy atom. The first-order valence-corrected chi connectivity index (χ1v) is 7.85. The summed E-state index contributed by atoms with van der Waals surface area (Å²) in [7, 11) is 4.02. The minimum Gasteiger partial charge on any atom is -0.481 e. The maximum absolute atomic E-state index is 11.0. The lowest BCUT2D eigenvalue weighted by Crippen LogP contribution is -2.07. The topological polar surface area (TPSA) is 53.4 Å². The maximum atomic E-state index is 11.0. The molecular formula is C16H18N2O2S. The van der Waals surface area contributed by atoms with Crippen molar-refractivity contribution in [3.8, 4) is 10.6 Å². The number of carbonyl (C=O) groups is 1. The van der Waals surface area contributed by atoms with E-state index < -0.39 is 5.97 Å². The van der Waals surface area contributed by atoms with Gasteiger partial charge in [-0.3, -0.25) is 4.79 Å². The lowest BCUT2D eigenvalue weighted by molar-refractivity contribution is -0.136. The Morgan fingerprint density at radius 3 is 2.52 bits per heavy atom. The highest BCUT2D eigenvalue weighted by atomic mass is 32.1. The van der Waals surface area contributed by atoms with Crippen LogP contribution in [0.3, 0.4) is 0 Å². The third kappa shape index (κ3) is 3.08. The van der Waals surface area contributed by atoms with Gasteiger partial charge in [0.1, 0.15) is 5.01 Å². The van der Waals surface area contributed by atoms with Crippen molar-refractivity contribution in [1.82, 2.24) is 4.98 Å². The van der Waals surface area contributed by atoms with Gasteiger partial charge in [0.05, 0.1) is 12.1 Å². The van der Waals surface area contributed by atoms with Crippen molar-refractivity contribution in [2.45, 2.75) is 25.2 Å². The Balaban J connectivity index is 1.92. The minimum atomic E-state index is -0.782. The lowest BCUT2D eigenvalue weighted by atomic mass is 10.2. The molecule has 0 amide bonds. The van der Waals surface area contributed by atoms with Crippen molar-refractivity contribution in [3.05, 3.63) is 34.8 Å². The molecule has 0 bridgehead atoms. The second-order valence-electron chi connectivity index (χ2n) is 5.61. The van der Waals surface area contributed by atoms with Crippen molar-refractivity contribution in [1.29, 1.82) is 0 Å². The van der Waals surface area contributed by atoms with Gasteiger partial charge in [-0.1, -0.05) is 0 Å². The molecule has 0 spiro atoms. The van der Waals surface area contributed by atoms with Gasteiger partial charge in [0.15, 0.2) is 0 Å². The summed E-state index contributed by atoms with van der Waals surface area (Å²) in [6.45, 7) is 0. The van der Waals surface area contributed by atoms with Crippen molar-refractivity contribution >= 4 is 23.0 Å². The van der Waals surface area contributed by atoms with E-state index in [2.05, 4.69) is 29.2 Å². The maximum Gasteiger partial charge on any atom is 0.308 e. The van der Waals surface area contributed by atoms with Gasteiger partial charge in [0.2, 0.25) is 0 Å². The summed E-state index contributed by atoms with van der Waals surface area (Å²) in [5.74, 6) is -0.305. The lowest BCUT2D eigenvalue weighted by Gasteiger charge is -2.11. The van der Waals surface area contributed by atoms with Crippen LogP contribution < -0.4 is 4.90 Å². The summed E-state index contributed by atoms with van der Waals surface area (Å²) in [5, 5.41) is 9.97. The standard InChI is InChI=1S/C16H18N2O2S/c1-18(2)12-7-5-11(6-8-12)16-17-15(10-3-4-10)13(21-16)9-14(19)20/h5-8,10H,3-4,9H2,1-2H3,(H,19,20). The zero-order chi connectivity index (χ0) is 15.0. The molecule has 1 aromatic heterocycles. The van der Waals surface area contributed by atoms with Crippen molar-refractivity contribution in [3.63, 3.8) is 0 Å². The molecule has 1 aromatic carbocycles. The molecule has 0 radical (unpaired) electrons. The van der Waals surface area contributed by atoms with Crippen LogP contribution in [0.25, 0.3) is 10.6 Å². The van der Waals surface area contributed by atoms with Crippen molar-refractivity contribution in [2.24, 2.45) is 0 Å². The number of carboxylic acids is 1. The monoisotopic (exact) mass is 302 g/mol. The highest BCUT2D eigenvalue weighted by molar-refractivity contribution is 7.15. The third-order valence-electron chi connectivity index (χ3n) is 3.63. The van der Waals surface area contributed by atoms with Gasteiger partial charge in [0.25, 0.3) is 0 Å². The molecule has 1 saturated carbocycles. The van der Waals surface area contributed by atoms with E-state index in [0.717, 1.165) is 39.7 Å². The molecule has 5 heteroatoms. The number of nitrogens with zero attached hydrogens (tertiary/aromatic N) is 2. The molecular weight excluding hydrogens is 284 g/mol. The number of rotatable bonds is 5. The second kappa shape index (κ2) is 5.48. The molecule has 0 saturated heterocycles. The van der Waals surface area contributed by atoms with Gasteiger partial charge >= 0.3 is 5.97 Å². The largest absolute Gasteiger partial charge is 0.481 e. The average molecular weight is 302 g/mol. The molecule has 0 atom stereocenters. The van der Waals surface area contributed by atoms with E-state index in [1.165, 1.54) is 11.3 Å². The summed E-state index contributed by atoms with van der Waals surface area (Å²) >= 11 is 1.52. The van der Waals surface area contributed by atoms with Crippen LogP contribution >= 0.6 is 11.3 Å². The molecule has 0 unspecified atom stereocenters. The van der Waals surface area contributed by atoms with Crippen LogP contribution in [0.15, 0.2) is 24.3 Å². The van der Waals surface area contributed by atoms with Crippen LogP contribution in [0.5, 0.6) is 0 Å². The summed E-state index contributed by atoms with van der Waals surface area (Å²) in [6, 6.07) is 8.22. The SMILES string of the molecule is CN(C)c1ccc(-c2nc(C3CC3)c(CC(=O)O)s2)cc1. The number of aromatic nitrogens is 1. The molecule has 1 aliphatic rings. The number of benzene rings is 1. The van der Waals surface area contributed by atoms with Gasteiger partial charge < -0.3 is 10.0 Å². The normalized spacial score (nSPS) is 14.2. The summed E-state index contributed by atoms with van der Waals surface area (Å²) < 4.78 is 0. The van der Waals surface area contributed by atoms with E-state index in [9.17, 15) is 4.79 Å². The minimum absolute atomic E-state index is 0.0826. The first-order chi connectivity index (χ1) is 10.0. The molecule has 2 aromatic rings. The van der Waals surface area contributed by atoms with E-state index in [1.807, 2.05) is 14.1 Å². The Hall–Kier alpha value is -1.88. The fraction of sp³-hybridized carbons (Fsp3) is 0.375. The fourth-order valence-corrected chi connectivity index (χ4v) is 3.47. The van der Waals surface area contributed by atoms with Crippen LogP contribution in [0.2, 0.25) is 0 Å². The zero-order valence-electron chi connectivity index (χ0n) is 12.2. The van der Waals surface area contributed by atoms with Crippen LogP contribution in [0.1, 0.15) is 29.3 Å². The van der Waals surface area contributed by atoms with E-state index in [0.29, 0.717) is 5.92 Å². The quantitative estimate of drug-likeness (QED) is 0.920. The summed E-state index contributed by atoms with van der Waals surface area (Å²) in [5.41, 5.74) is 3.21. The average Bonchev–Trinajstić information content (AvgIpc) is 3.20. The first kappa shape index (κ1) is 14.1. The smallest absolute Gasteiger partial charge is 0.308 e. The summed E-state index contributed by atoms with van der Waals surface area (Å²) in [4.78, 5) is 18.7. The highest BCUT2D eigenvalue weighted by Crippen LogP contribution is 2.44. The number of anilines is 1. The summed E-state index contributed by atoms with van der Waals surface area (Å²) in [6.07, 6.45) is 2.35. The van der Waals surface area contributed by atoms with E-state index >= 15 is 0 Å². The molecule has 3 rings (SSSR count).